The molecule has 154 valence electrons. The SMILES string of the molecule is Cc1ccc(NC(=O)C2CCNC2)cc1C(=O)N[C@H](C)c1cccc2ccccc12. The summed E-state index contributed by atoms with van der Waals surface area (Å²) < 4.78 is 0. The third-order valence-electron chi connectivity index (χ3n) is 5.82. The van der Waals surface area contributed by atoms with Crippen molar-refractivity contribution in [3.63, 3.8) is 0 Å². The van der Waals surface area contributed by atoms with Crippen LogP contribution in [-0.2, 0) is 4.79 Å². The summed E-state index contributed by atoms with van der Waals surface area (Å²) in [5, 5.41) is 11.6. The van der Waals surface area contributed by atoms with Gasteiger partial charge in [-0.3, -0.25) is 9.59 Å². The van der Waals surface area contributed by atoms with Gasteiger partial charge < -0.3 is 16.0 Å². The number of hydrogen-bond donors (Lipinski definition) is 3. The predicted molar refractivity (Wildman–Crippen MR) is 121 cm³/mol. The van der Waals surface area contributed by atoms with E-state index in [1.165, 1.54) is 0 Å². The molecule has 5 heteroatoms. The zero-order chi connectivity index (χ0) is 21.1. The summed E-state index contributed by atoms with van der Waals surface area (Å²) in [6.07, 6.45) is 0.841. The van der Waals surface area contributed by atoms with Crippen LogP contribution >= 0.6 is 0 Å². The van der Waals surface area contributed by atoms with E-state index in [0.717, 1.165) is 34.9 Å². The highest BCUT2D eigenvalue weighted by Crippen LogP contribution is 2.25. The van der Waals surface area contributed by atoms with Crippen LogP contribution in [0.2, 0.25) is 0 Å². The largest absolute Gasteiger partial charge is 0.345 e. The van der Waals surface area contributed by atoms with Crippen molar-refractivity contribution in [1.29, 1.82) is 0 Å². The number of aryl methyl sites for hydroxylation is 1. The van der Waals surface area contributed by atoms with E-state index in [1.807, 2.05) is 50.2 Å². The molecule has 1 saturated heterocycles. The van der Waals surface area contributed by atoms with Crippen molar-refractivity contribution in [3.8, 4) is 0 Å². The molecular formula is C25H27N3O2. The van der Waals surface area contributed by atoms with Crippen LogP contribution in [-0.4, -0.2) is 24.9 Å². The van der Waals surface area contributed by atoms with Crippen LogP contribution in [0.1, 0.15) is 40.9 Å². The van der Waals surface area contributed by atoms with E-state index in [0.29, 0.717) is 17.8 Å². The second kappa shape index (κ2) is 8.67. The van der Waals surface area contributed by atoms with E-state index in [-0.39, 0.29) is 23.8 Å². The van der Waals surface area contributed by atoms with Crippen LogP contribution in [0.25, 0.3) is 10.8 Å². The highest BCUT2D eigenvalue weighted by molar-refractivity contribution is 5.99. The van der Waals surface area contributed by atoms with Gasteiger partial charge in [0.25, 0.3) is 5.91 Å². The topological polar surface area (TPSA) is 70.2 Å². The maximum absolute atomic E-state index is 13.0. The summed E-state index contributed by atoms with van der Waals surface area (Å²) in [6.45, 7) is 5.47. The van der Waals surface area contributed by atoms with Crippen LogP contribution in [0.5, 0.6) is 0 Å². The van der Waals surface area contributed by atoms with Crippen molar-refractivity contribution in [3.05, 3.63) is 77.4 Å². The van der Waals surface area contributed by atoms with E-state index in [9.17, 15) is 9.59 Å². The van der Waals surface area contributed by atoms with Crippen molar-refractivity contribution in [2.45, 2.75) is 26.3 Å². The average molecular weight is 402 g/mol. The van der Waals surface area contributed by atoms with Gasteiger partial charge in [0.05, 0.1) is 12.0 Å². The first-order valence-corrected chi connectivity index (χ1v) is 10.4. The number of nitrogens with one attached hydrogen (secondary N) is 3. The molecule has 30 heavy (non-hydrogen) atoms. The standard InChI is InChI=1S/C25H27N3O2/c1-16-10-11-20(28-24(29)19-12-13-26-15-19)14-23(16)25(30)27-17(2)21-9-5-7-18-6-3-4-8-22(18)21/h3-11,14,17,19,26H,12-13,15H2,1-2H3,(H,27,30)(H,28,29)/t17-,19?/m1/s1. The van der Waals surface area contributed by atoms with E-state index in [4.69, 9.17) is 0 Å². The van der Waals surface area contributed by atoms with Crippen LogP contribution < -0.4 is 16.0 Å². The van der Waals surface area contributed by atoms with E-state index in [2.05, 4.69) is 34.1 Å². The Bertz CT molecular complexity index is 1080. The van der Waals surface area contributed by atoms with Gasteiger partial charge in [-0.2, -0.15) is 0 Å². The minimum Gasteiger partial charge on any atom is -0.345 e. The predicted octanol–water partition coefficient (Wildman–Crippen LogP) is 4.19. The van der Waals surface area contributed by atoms with E-state index < -0.39 is 0 Å². The van der Waals surface area contributed by atoms with Gasteiger partial charge >= 0.3 is 0 Å². The van der Waals surface area contributed by atoms with Gasteiger partial charge in [-0.15, -0.1) is 0 Å². The summed E-state index contributed by atoms with van der Waals surface area (Å²) >= 11 is 0. The molecule has 5 nitrogen and oxygen atoms in total. The monoisotopic (exact) mass is 401 g/mol. The number of carbonyl (C=O) groups excluding carboxylic acids is 2. The summed E-state index contributed by atoms with van der Waals surface area (Å²) in [5.74, 6) is -0.166. The Labute approximate surface area is 176 Å². The molecule has 1 aliphatic heterocycles. The van der Waals surface area contributed by atoms with Gasteiger partial charge in [-0.05, 0) is 60.8 Å². The molecule has 4 rings (SSSR count). The molecule has 2 amide bonds. The molecule has 0 radical (unpaired) electrons. The summed E-state index contributed by atoms with van der Waals surface area (Å²) in [6, 6.07) is 19.6. The number of amides is 2. The van der Waals surface area contributed by atoms with Gasteiger partial charge in [0, 0.05) is 17.8 Å². The molecule has 1 heterocycles. The molecule has 0 aromatic heterocycles. The van der Waals surface area contributed by atoms with Crippen molar-refractivity contribution in [2.75, 3.05) is 18.4 Å². The number of anilines is 1. The first-order valence-electron chi connectivity index (χ1n) is 10.4. The lowest BCUT2D eigenvalue weighted by atomic mass is 9.99. The molecule has 1 unspecified atom stereocenters. The first kappa shape index (κ1) is 20.1. The van der Waals surface area contributed by atoms with E-state index >= 15 is 0 Å². The molecular weight excluding hydrogens is 374 g/mol. The highest BCUT2D eigenvalue weighted by atomic mass is 16.2. The van der Waals surface area contributed by atoms with Crippen molar-refractivity contribution < 1.29 is 9.59 Å². The molecule has 1 fully saturated rings. The molecule has 1 aliphatic rings. The lowest BCUT2D eigenvalue weighted by molar-refractivity contribution is -0.119. The number of rotatable bonds is 5. The Hall–Kier alpha value is -3.18. The molecule has 0 aliphatic carbocycles. The third kappa shape index (κ3) is 4.21. The van der Waals surface area contributed by atoms with Crippen LogP contribution in [0.4, 0.5) is 5.69 Å². The first-order chi connectivity index (χ1) is 14.5. The summed E-state index contributed by atoms with van der Waals surface area (Å²) in [7, 11) is 0. The second-order valence-corrected chi connectivity index (χ2v) is 7.97. The smallest absolute Gasteiger partial charge is 0.252 e. The normalized spacial score (nSPS) is 16.9. The summed E-state index contributed by atoms with van der Waals surface area (Å²) in [5.41, 5.74) is 3.18. The summed E-state index contributed by atoms with van der Waals surface area (Å²) in [4.78, 5) is 25.5. The van der Waals surface area contributed by atoms with Crippen molar-refractivity contribution >= 4 is 28.3 Å². The minimum absolute atomic E-state index is 0.000616. The van der Waals surface area contributed by atoms with Gasteiger partial charge in [0.1, 0.15) is 0 Å². The maximum Gasteiger partial charge on any atom is 0.252 e. The molecule has 3 aromatic carbocycles. The fourth-order valence-electron chi connectivity index (χ4n) is 4.05. The molecule has 3 N–H and O–H groups in total. The van der Waals surface area contributed by atoms with E-state index in [1.54, 1.807) is 6.07 Å². The number of fused-ring (bicyclic) bond motifs is 1. The minimum atomic E-state index is -0.147. The van der Waals surface area contributed by atoms with Gasteiger partial charge in [0.2, 0.25) is 5.91 Å². The molecule has 3 aromatic rings. The quantitative estimate of drug-likeness (QED) is 0.600. The molecule has 0 bridgehead atoms. The Morgan fingerprint density at radius 1 is 1.07 bits per heavy atom. The Morgan fingerprint density at radius 2 is 1.87 bits per heavy atom. The van der Waals surface area contributed by atoms with Gasteiger partial charge in [-0.25, -0.2) is 0 Å². The number of carbonyl (C=O) groups is 2. The third-order valence-corrected chi connectivity index (χ3v) is 5.82. The molecule has 0 spiro atoms. The lowest BCUT2D eigenvalue weighted by Crippen LogP contribution is -2.28. The second-order valence-electron chi connectivity index (χ2n) is 7.97. The highest BCUT2D eigenvalue weighted by Gasteiger charge is 2.23. The van der Waals surface area contributed by atoms with Crippen molar-refractivity contribution in [2.24, 2.45) is 5.92 Å². The van der Waals surface area contributed by atoms with Gasteiger partial charge in [-0.1, -0.05) is 48.5 Å². The van der Waals surface area contributed by atoms with Crippen molar-refractivity contribution in [1.82, 2.24) is 10.6 Å². The van der Waals surface area contributed by atoms with Gasteiger partial charge in [0.15, 0.2) is 0 Å². The zero-order valence-corrected chi connectivity index (χ0v) is 17.4. The Kier molecular flexibility index (Phi) is 5.81. The van der Waals surface area contributed by atoms with Crippen LogP contribution in [0.3, 0.4) is 0 Å². The van der Waals surface area contributed by atoms with Crippen LogP contribution in [0.15, 0.2) is 60.7 Å². The number of benzene rings is 3. The fourth-order valence-corrected chi connectivity index (χ4v) is 4.05. The molecule has 0 saturated carbocycles. The fraction of sp³-hybridized carbons (Fsp3) is 0.280. The van der Waals surface area contributed by atoms with Crippen LogP contribution in [0, 0.1) is 12.8 Å². The lowest BCUT2D eigenvalue weighted by Gasteiger charge is -2.18. The Morgan fingerprint density at radius 3 is 2.67 bits per heavy atom. The zero-order valence-electron chi connectivity index (χ0n) is 17.4. The maximum atomic E-state index is 13.0. The Balaban J connectivity index is 1.51. The average Bonchev–Trinajstić information content (AvgIpc) is 3.29. The molecule has 2 atom stereocenters. The number of hydrogen-bond acceptors (Lipinski definition) is 3.